The molecule has 1 fully saturated rings. The van der Waals surface area contributed by atoms with E-state index in [9.17, 15) is 4.79 Å². The maximum Gasteiger partial charge on any atom is 0.133 e. The van der Waals surface area contributed by atoms with Gasteiger partial charge in [0.1, 0.15) is 5.78 Å². The zero-order chi connectivity index (χ0) is 11.4. The Kier molecular flexibility index (Phi) is 3.67. The highest BCUT2D eigenvalue weighted by atomic mass is 16.5. The number of hydrogen-bond acceptors (Lipinski definition) is 3. The third kappa shape index (κ3) is 3.14. The van der Waals surface area contributed by atoms with Crippen LogP contribution in [0.2, 0.25) is 0 Å². The second-order valence-electron chi connectivity index (χ2n) is 4.32. The Morgan fingerprint density at radius 1 is 1.38 bits per heavy atom. The number of hydrogen-bond donors (Lipinski definition) is 0. The molecule has 0 saturated heterocycles. The van der Waals surface area contributed by atoms with Gasteiger partial charge in [-0.25, -0.2) is 0 Å². The van der Waals surface area contributed by atoms with E-state index in [2.05, 4.69) is 4.98 Å². The highest BCUT2D eigenvalue weighted by Crippen LogP contribution is 2.18. The summed E-state index contributed by atoms with van der Waals surface area (Å²) in [6, 6.07) is 5.94. The van der Waals surface area contributed by atoms with E-state index in [1.54, 1.807) is 0 Å². The van der Waals surface area contributed by atoms with Crippen molar-refractivity contribution >= 4 is 5.78 Å². The summed E-state index contributed by atoms with van der Waals surface area (Å²) in [5, 5.41) is 0. The number of Topliss-reactive ketones (excluding diaryl/α,β-unsaturated/α-hetero) is 1. The summed E-state index contributed by atoms with van der Waals surface area (Å²) < 4.78 is 5.76. The van der Waals surface area contributed by atoms with Crippen LogP contribution in [0.25, 0.3) is 0 Å². The van der Waals surface area contributed by atoms with Crippen LogP contribution in [0.4, 0.5) is 0 Å². The molecule has 1 aromatic rings. The highest BCUT2D eigenvalue weighted by molar-refractivity contribution is 5.79. The molecule has 0 atom stereocenters. The number of ether oxygens (including phenoxy) is 1. The lowest BCUT2D eigenvalue weighted by atomic mass is 9.96. The largest absolute Gasteiger partial charge is 0.372 e. The Morgan fingerprint density at radius 3 is 2.81 bits per heavy atom. The van der Waals surface area contributed by atoms with Gasteiger partial charge in [0, 0.05) is 18.5 Å². The van der Waals surface area contributed by atoms with E-state index >= 15 is 0 Å². The van der Waals surface area contributed by atoms with Crippen LogP contribution in [0.15, 0.2) is 18.2 Å². The number of rotatable bonds is 3. The van der Waals surface area contributed by atoms with Gasteiger partial charge in [0.05, 0.1) is 18.4 Å². The summed E-state index contributed by atoms with van der Waals surface area (Å²) in [4.78, 5) is 15.4. The van der Waals surface area contributed by atoms with Crippen LogP contribution < -0.4 is 0 Å². The highest BCUT2D eigenvalue weighted by Gasteiger charge is 2.18. The molecule has 2 rings (SSSR count). The zero-order valence-corrected chi connectivity index (χ0v) is 9.61. The van der Waals surface area contributed by atoms with Crippen molar-refractivity contribution in [3.63, 3.8) is 0 Å². The molecule has 86 valence electrons. The SMILES string of the molecule is Cc1cccc(COC2CCC(=O)CC2)n1. The average molecular weight is 219 g/mol. The minimum Gasteiger partial charge on any atom is -0.372 e. The third-order valence-corrected chi connectivity index (χ3v) is 2.90. The number of nitrogens with zero attached hydrogens (tertiary/aromatic N) is 1. The summed E-state index contributed by atoms with van der Waals surface area (Å²) in [6.07, 6.45) is 3.31. The van der Waals surface area contributed by atoms with Gasteiger partial charge in [-0.15, -0.1) is 0 Å². The molecule has 1 aromatic heterocycles. The topological polar surface area (TPSA) is 39.2 Å². The molecule has 1 aliphatic carbocycles. The van der Waals surface area contributed by atoms with Gasteiger partial charge >= 0.3 is 0 Å². The van der Waals surface area contributed by atoms with E-state index in [0.29, 0.717) is 25.2 Å². The van der Waals surface area contributed by atoms with E-state index in [4.69, 9.17) is 4.74 Å². The van der Waals surface area contributed by atoms with E-state index in [0.717, 1.165) is 24.2 Å². The summed E-state index contributed by atoms with van der Waals surface area (Å²) in [5.41, 5.74) is 1.98. The number of pyridine rings is 1. The Hall–Kier alpha value is -1.22. The molecule has 0 unspecified atom stereocenters. The van der Waals surface area contributed by atoms with Gasteiger partial charge in [-0.1, -0.05) is 6.07 Å². The summed E-state index contributed by atoms with van der Waals surface area (Å²) in [7, 11) is 0. The summed E-state index contributed by atoms with van der Waals surface area (Å²) >= 11 is 0. The first-order valence-corrected chi connectivity index (χ1v) is 5.80. The van der Waals surface area contributed by atoms with Crippen molar-refractivity contribution in [1.29, 1.82) is 0 Å². The molecule has 3 heteroatoms. The van der Waals surface area contributed by atoms with E-state index in [-0.39, 0.29) is 6.10 Å². The summed E-state index contributed by atoms with van der Waals surface area (Å²) in [5.74, 6) is 0.369. The second kappa shape index (κ2) is 5.21. The Morgan fingerprint density at radius 2 is 2.12 bits per heavy atom. The van der Waals surface area contributed by atoms with Crippen molar-refractivity contribution in [2.24, 2.45) is 0 Å². The smallest absolute Gasteiger partial charge is 0.133 e. The van der Waals surface area contributed by atoms with Crippen LogP contribution in [-0.4, -0.2) is 16.9 Å². The van der Waals surface area contributed by atoms with Gasteiger partial charge in [-0.3, -0.25) is 9.78 Å². The molecular formula is C13H17NO2. The lowest BCUT2D eigenvalue weighted by Gasteiger charge is -2.21. The monoisotopic (exact) mass is 219 g/mol. The maximum absolute atomic E-state index is 11.1. The molecule has 0 spiro atoms. The number of aromatic nitrogens is 1. The predicted octanol–water partition coefficient (Wildman–Crippen LogP) is 2.42. The van der Waals surface area contributed by atoms with Crippen LogP contribution in [0.3, 0.4) is 0 Å². The number of carbonyl (C=O) groups excluding carboxylic acids is 1. The quantitative estimate of drug-likeness (QED) is 0.783. The van der Waals surface area contributed by atoms with E-state index in [1.807, 2.05) is 25.1 Å². The van der Waals surface area contributed by atoms with Crippen molar-refractivity contribution in [2.45, 2.75) is 45.3 Å². The Labute approximate surface area is 95.8 Å². The number of ketones is 1. The fourth-order valence-electron chi connectivity index (χ4n) is 1.96. The molecule has 0 N–H and O–H groups in total. The van der Waals surface area contributed by atoms with Crippen LogP contribution >= 0.6 is 0 Å². The number of aryl methyl sites for hydroxylation is 1. The fourth-order valence-corrected chi connectivity index (χ4v) is 1.96. The van der Waals surface area contributed by atoms with Crippen LogP contribution in [0, 0.1) is 6.92 Å². The van der Waals surface area contributed by atoms with Crippen molar-refractivity contribution in [3.05, 3.63) is 29.6 Å². The molecule has 16 heavy (non-hydrogen) atoms. The van der Waals surface area contributed by atoms with Gasteiger partial charge in [0.25, 0.3) is 0 Å². The van der Waals surface area contributed by atoms with Crippen LogP contribution in [0.1, 0.15) is 37.1 Å². The van der Waals surface area contributed by atoms with Gasteiger partial charge in [0.15, 0.2) is 0 Å². The molecule has 0 amide bonds. The van der Waals surface area contributed by atoms with Crippen LogP contribution in [-0.2, 0) is 16.1 Å². The molecule has 1 saturated carbocycles. The fraction of sp³-hybridized carbons (Fsp3) is 0.538. The molecule has 1 aliphatic rings. The first kappa shape index (κ1) is 11.3. The maximum atomic E-state index is 11.1. The minimum absolute atomic E-state index is 0.236. The van der Waals surface area contributed by atoms with Gasteiger partial charge in [-0.05, 0) is 31.9 Å². The normalized spacial score (nSPS) is 17.7. The summed E-state index contributed by atoms with van der Waals surface area (Å²) in [6.45, 7) is 2.53. The average Bonchev–Trinajstić information content (AvgIpc) is 2.28. The molecule has 0 aromatic carbocycles. The second-order valence-corrected chi connectivity index (χ2v) is 4.32. The van der Waals surface area contributed by atoms with E-state index in [1.165, 1.54) is 0 Å². The Bertz CT molecular complexity index is 366. The van der Waals surface area contributed by atoms with Crippen molar-refractivity contribution in [2.75, 3.05) is 0 Å². The lowest BCUT2D eigenvalue weighted by Crippen LogP contribution is -2.21. The van der Waals surface area contributed by atoms with E-state index < -0.39 is 0 Å². The third-order valence-electron chi connectivity index (χ3n) is 2.90. The predicted molar refractivity (Wildman–Crippen MR) is 61.0 cm³/mol. The lowest BCUT2D eigenvalue weighted by molar-refractivity contribution is -0.123. The van der Waals surface area contributed by atoms with Gasteiger partial charge in [0.2, 0.25) is 0 Å². The molecule has 0 aliphatic heterocycles. The first-order valence-electron chi connectivity index (χ1n) is 5.80. The number of carbonyl (C=O) groups is 1. The standard InChI is InChI=1S/C13H17NO2/c1-10-3-2-4-11(14-10)9-16-13-7-5-12(15)6-8-13/h2-4,13H,5-9H2,1H3. The molecule has 0 radical (unpaired) electrons. The van der Waals surface area contributed by atoms with Crippen LogP contribution in [0.5, 0.6) is 0 Å². The van der Waals surface area contributed by atoms with Gasteiger partial charge < -0.3 is 4.74 Å². The first-order chi connectivity index (χ1) is 7.74. The molecule has 3 nitrogen and oxygen atoms in total. The molecule has 1 heterocycles. The molecular weight excluding hydrogens is 202 g/mol. The zero-order valence-electron chi connectivity index (χ0n) is 9.61. The van der Waals surface area contributed by atoms with Crippen molar-refractivity contribution < 1.29 is 9.53 Å². The Balaban J connectivity index is 1.81. The van der Waals surface area contributed by atoms with Gasteiger partial charge in [-0.2, -0.15) is 0 Å². The molecule has 0 bridgehead atoms. The van der Waals surface area contributed by atoms with Crippen molar-refractivity contribution in [1.82, 2.24) is 4.98 Å². The van der Waals surface area contributed by atoms with Crippen molar-refractivity contribution in [3.8, 4) is 0 Å². The minimum atomic E-state index is 0.236.